The van der Waals surface area contributed by atoms with Crippen molar-refractivity contribution in [2.75, 3.05) is 19.0 Å². The van der Waals surface area contributed by atoms with Crippen molar-refractivity contribution >= 4 is 11.6 Å². The monoisotopic (exact) mass is 287 g/mol. The topological polar surface area (TPSA) is 73.3 Å². The molecule has 110 valence electrons. The third-order valence-electron chi connectivity index (χ3n) is 2.58. The Morgan fingerprint density at radius 2 is 1.76 bits per heavy atom. The maximum Gasteiger partial charge on any atom is 0.322 e. The highest BCUT2D eigenvalue weighted by atomic mass is 16.5. The molecular weight excluding hydrogens is 270 g/mol. The number of ether oxygens (including phenoxy) is 2. The number of nitrogens with one attached hydrogen (secondary N) is 1. The van der Waals surface area contributed by atoms with Crippen molar-refractivity contribution in [2.45, 2.75) is 13.8 Å². The average Bonchev–Trinajstić information content (AvgIpc) is 2.40. The smallest absolute Gasteiger partial charge is 0.322 e. The molecule has 0 aliphatic heterocycles. The Hall–Kier alpha value is -2.47. The van der Waals surface area contributed by atoms with E-state index in [1.54, 1.807) is 24.3 Å². The minimum absolute atomic E-state index is 0.0225. The largest absolute Gasteiger partial charge is 0.424 e. The van der Waals surface area contributed by atoms with Gasteiger partial charge in [-0.2, -0.15) is 0 Å². The summed E-state index contributed by atoms with van der Waals surface area (Å²) in [5.74, 6) is 0.397. The van der Waals surface area contributed by atoms with Crippen molar-refractivity contribution in [1.82, 2.24) is 9.97 Å². The molecule has 0 saturated carbocycles. The molecule has 1 aromatic heterocycles. The van der Waals surface area contributed by atoms with Gasteiger partial charge in [0.15, 0.2) is 0 Å². The zero-order valence-electron chi connectivity index (χ0n) is 12.2. The van der Waals surface area contributed by atoms with Crippen LogP contribution < -0.4 is 10.1 Å². The Morgan fingerprint density at radius 3 is 2.33 bits per heavy atom. The number of carbonyl (C=O) groups excluding carboxylic acids is 1. The lowest BCUT2D eigenvalue weighted by Gasteiger charge is -2.07. The first-order chi connectivity index (χ1) is 10.1. The molecule has 0 atom stereocenters. The number of amides is 1. The molecule has 0 aliphatic rings. The predicted molar refractivity (Wildman–Crippen MR) is 78.5 cm³/mol. The van der Waals surface area contributed by atoms with Crippen molar-refractivity contribution in [3.8, 4) is 11.8 Å². The first-order valence-electron chi connectivity index (χ1n) is 6.46. The zero-order valence-corrected chi connectivity index (χ0v) is 12.2. The number of hydrogen-bond acceptors (Lipinski definition) is 5. The van der Waals surface area contributed by atoms with E-state index in [4.69, 9.17) is 9.47 Å². The van der Waals surface area contributed by atoms with Crippen LogP contribution in [0.25, 0.3) is 0 Å². The second-order valence-corrected chi connectivity index (χ2v) is 4.54. The van der Waals surface area contributed by atoms with E-state index in [0.717, 1.165) is 11.4 Å². The summed E-state index contributed by atoms with van der Waals surface area (Å²) in [5, 5.41) is 2.70. The molecule has 6 heteroatoms. The fraction of sp³-hybridized carbons (Fsp3) is 0.267. The van der Waals surface area contributed by atoms with Gasteiger partial charge in [0.05, 0.1) is 0 Å². The molecule has 0 bridgehead atoms. The summed E-state index contributed by atoms with van der Waals surface area (Å²) in [7, 11) is 1.47. The minimum atomic E-state index is -0.205. The molecule has 0 aliphatic carbocycles. The molecule has 0 fully saturated rings. The van der Waals surface area contributed by atoms with Gasteiger partial charge in [-0.1, -0.05) is 0 Å². The summed E-state index contributed by atoms with van der Waals surface area (Å²) in [6, 6.07) is 9.15. The lowest BCUT2D eigenvalue weighted by atomic mass is 10.3. The molecule has 0 spiro atoms. The van der Waals surface area contributed by atoms with Gasteiger partial charge in [0.1, 0.15) is 12.4 Å². The van der Waals surface area contributed by atoms with Gasteiger partial charge in [0.25, 0.3) is 0 Å². The number of carbonyl (C=O) groups is 1. The highest BCUT2D eigenvalue weighted by Crippen LogP contribution is 2.20. The predicted octanol–water partition coefficient (Wildman–Crippen LogP) is 2.47. The summed E-state index contributed by atoms with van der Waals surface area (Å²) >= 11 is 0. The van der Waals surface area contributed by atoms with Crippen LogP contribution in [0.1, 0.15) is 11.4 Å². The zero-order chi connectivity index (χ0) is 15.2. The van der Waals surface area contributed by atoms with E-state index in [9.17, 15) is 4.79 Å². The Labute approximate surface area is 123 Å². The molecule has 1 heterocycles. The Bertz CT molecular complexity index is 606. The summed E-state index contributed by atoms with van der Waals surface area (Å²) in [6.45, 7) is 3.79. The third kappa shape index (κ3) is 4.54. The lowest BCUT2D eigenvalue weighted by Crippen LogP contribution is -2.16. The lowest BCUT2D eigenvalue weighted by molar-refractivity contribution is -0.119. The van der Waals surface area contributed by atoms with Crippen LogP contribution >= 0.6 is 0 Å². The van der Waals surface area contributed by atoms with Crippen LogP contribution in [0, 0.1) is 13.8 Å². The van der Waals surface area contributed by atoms with Crippen molar-refractivity contribution in [3.63, 3.8) is 0 Å². The molecule has 1 amide bonds. The molecular formula is C15H17N3O3. The summed E-state index contributed by atoms with van der Waals surface area (Å²) in [5.41, 5.74) is 2.37. The van der Waals surface area contributed by atoms with Crippen molar-refractivity contribution in [2.24, 2.45) is 0 Å². The van der Waals surface area contributed by atoms with Gasteiger partial charge in [0, 0.05) is 24.2 Å². The highest BCUT2D eigenvalue weighted by molar-refractivity contribution is 5.91. The quantitative estimate of drug-likeness (QED) is 0.914. The van der Waals surface area contributed by atoms with E-state index in [-0.39, 0.29) is 12.5 Å². The second kappa shape index (κ2) is 6.81. The summed E-state index contributed by atoms with van der Waals surface area (Å²) < 4.78 is 10.3. The number of nitrogens with zero attached hydrogens (tertiary/aromatic N) is 2. The van der Waals surface area contributed by atoms with Crippen molar-refractivity contribution in [3.05, 3.63) is 41.7 Å². The van der Waals surface area contributed by atoms with Crippen LogP contribution in [0.15, 0.2) is 30.3 Å². The van der Waals surface area contributed by atoms with E-state index in [1.807, 2.05) is 19.9 Å². The normalized spacial score (nSPS) is 10.2. The standard InChI is InChI=1S/C15H17N3O3/c1-10-8-11(2)17-15(16-10)21-13-6-4-12(5-7-13)18-14(19)9-20-3/h4-8H,9H2,1-3H3,(H,18,19). The summed E-state index contributed by atoms with van der Waals surface area (Å²) in [6.07, 6.45) is 0. The van der Waals surface area contributed by atoms with Crippen LogP contribution in [0.2, 0.25) is 0 Å². The van der Waals surface area contributed by atoms with E-state index in [2.05, 4.69) is 15.3 Å². The second-order valence-electron chi connectivity index (χ2n) is 4.54. The first-order valence-corrected chi connectivity index (χ1v) is 6.46. The van der Waals surface area contributed by atoms with Gasteiger partial charge < -0.3 is 14.8 Å². The Kier molecular flexibility index (Phi) is 4.84. The van der Waals surface area contributed by atoms with Crippen LogP contribution in [0.5, 0.6) is 11.8 Å². The number of methoxy groups -OCH3 is 1. The van der Waals surface area contributed by atoms with Crippen molar-refractivity contribution in [1.29, 1.82) is 0 Å². The average molecular weight is 287 g/mol. The van der Waals surface area contributed by atoms with E-state index < -0.39 is 0 Å². The maximum absolute atomic E-state index is 11.4. The Morgan fingerprint density at radius 1 is 1.14 bits per heavy atom. The number of rotatable bonds is 5. The Balaban J connectivity index is 2.03. The van der Waals surface area contributed by atoms with Gasteiger partial charge in [-0.3, -0.25) is 4.79 Å². The van der Waals surface area contributed by atoms with Gasteiger partial charge in [-0.25, -0.2) is 9.97 Å². The van der Waals surface area contributed by atoms with Crippen LogP contribution in [-0.2, 0) is 9.53 Å². The number of benzene rings is 1. The van der Waals surface area contributed by atoms with Gasteiger partial charge in [0.2, 0.25) is 5.91 Å². The first kappa shape index (κ1) is 14.9. The molecule has 2 rings (SSSR count). The maximum atomic E-state index is 11.4. The number of aryl methyl sites for hydroxylation is 2. The highest BCUT2D eigenvalue weighted by Gasteiger charge is 2.04. The molecule has 21 heavy (non-hydrogen) atoms. The molecule has 6 nitrogen and oxygen atoms in total. The van der Waals surface area contributed by atoms with Crippen LogP contribution in [0.4, 0.5) is 5.69 Å². The number of aromatic nitrogens is 2. The van der Waals surface area contributed by atoms with Gasteiger partial charge in [-0.15, -0.1) is 0 Å². The molecule has 1 aromatic carbocycles. The van der Waals surface area contributed by atoms with Crippen molar-refractivity contribution < 1.29 is 14.3 Å². The van der Waals surface area contributed by atoms with E-state index in [1.165, 1.54) is 7.11 Å². The third-order valence-corrected chi connectivity index (χ3v) is 2.58. The fourth-order valence-corrected chi connectivity index (χ4v) is 1.78. The SMILES string of the molecule is COCC(=O)Nc1ccc(Oc2nc(C)cc(C)n2)cc1. The number of anilines is 1. The fourth-order valence-electron chi connectivity index (χ4n) is 1.78. The molecule has 0 unspecified atom stereocenters. The molecule has 1 N–H and O–H groups in total. The summed E-state index contributed by atoms with van der Waals surface area (Å²) in [4.78, 5) is 19.8. The van der Waals surface area contributed by atoms with Crippen LogP contribution in [-0.4, -0.2) is 29.6 Å². The van der Waals surface area contributed by atoms with Crippen LogP contribution in [0.3, 0.4) is 0 Å². The minimum Gasteiger partial charge on any atom is -0.424 e. The van der Waals surface area contributed by atoms with E-state index >= 15 is 0 Å². The molecule has 2 aromatic rings. The van der Waals surface area contributed by atoms with E-state index in [0.29, 0.717) is 17.4 Å². The molecule has 0 saturated heterocycles. The van der Waals surface area contributed by atoms with Gasteiger partial charge >= 0.3 is 6.01 Å². The molecule has 0 radical (unpaired) electrons. The number of hydrogen-bond donors (Lipinski definition) is 1. The van der Waals surface area contributed by atoms with Gasteiger partial charge in [-0.05, 0) is 44.2 Å².